The Bertz CT molecular complexity index is 518. The second-order valence-corrected chi connectivity index (χ2v) is 6.04. The van der Waals surface area contributed by atoms with Crippen LogP contribution in [-0.2, 0) is 4.79 Å². The molecule has 2 atom stereocenters. The smallest absolute Gasteiger partial charge is 0.354 e. The average molecular weight is 344 g/mol. The number of nitrogens with one attached hydrogen (secondary N) is 2. The molecule has 1 aromatic heterocycles. The van der Waals surface area contributed by atoms with Crippen LogP contribution in [0.25, 0.3) is 0 Å². The topological polar surface area (TPSA) is 57.3 Å². The zero-order valence-corrected chi connectivity index (χ0v) is 13.6. The molecule has 134 valence electrons. The molecule has 0 bridgehead atoms. The molecule has 0 aliphatic carbocycles. The maximum absolute atomic E-state index is 13.3. The summed E-state index contributed by atoms with van der Waals surface area (Å²) in [6.45, 7) is 3.14. The largest absolute Gasteiger partial charge is 0.405 e. The highest BCUT2D eigenvalue weighted by Gasteiger charge is 2.43. The maximum atomic E-state index is 13.3. The van der Waals surface area contributed by atoms with Crippen LogP contribution in [-0.4, -0.2) is 60.7 Å². The van der Waals surface area contributed by atoms with Crippen molar-refractivity contribution in [3.63, 3.8) is 0 Å². The van der Waals surface area contributed by atoms with Gasteiger partial charge in [0.25, 0.3) is 0 Å². The monoisotopic (exact) mass is 344 g/mol. The summed E-state index contributed by atoms with van der Waals surface area (Å²) >= 11 is 0. The summed E-state index contributed by atoms with van der Waals surface area (Å²) in [5.41, 5.74) is 0.891. The first-order valence-electron chi connectivity index (χ1n) is 8.06. The van der Waals surface area contributed by atoms with Gasteiger partial charge in [0.15, 0.2) is 0 Å². The number of halogens is 3. The Morgan fingerprint density at radius 1 is 1.42 bits per heavy atom. The fourth-order valence-corrected chi connectivity index (χ4v) is 2.79. The maximum Gasteiger partial charge on any atom is 0.405 e. The summed E-state index contributed by atoms with van der Waals surface area (Å²) < 4.78 is 39.8. The quantitative estimate of drug-likeness (QED) is 0.822. The fraction of sp³-hybridized carbons (Fsp3) is 0.625. The summed E-state index contributed by atoms with van der Waals surface area (Å²) in [6, 6.07) is 1.98. The fourth-order valence-electron chi connectivity index (χ4n) is 2.79. The zero-order chi connectivity index (χ0) is 17.6. The van der Waals surface area contributed by atoms with Gasteiger partial charge in [0, 0.05) is 51.5 Å². The Balaban J connectivity index is 1.87. The lowest BCUT2D eigenvalue weighted by atomic mass is 9.99. The summed E-state index contributed by atoms with van der Waals surface area (Å²) in [6.07, 6.45) is -0.924. The molecular weight excluding hydrogens is 321 g/mol. The summed E-state index contributed by atoms with van der Waals surface area (Å²) in [7, 11) is 0. The minimum absolute atomic E-state index is 0.0952. The molecule has 1 amide bonds. The van der Waals surface area contributed by atoms with Crippen molar-refractivity contribution in [3.05, 3.63) is 30.1 Å². The lowest BCUT2D eigenvalue weighted by Crippen LogP contribution is -2.57. The van der Waals surface area contributed by atoms with E-state index in [1.165, 1.54) is 4.90 Å². The van der Waals surface area contributed by atoms with Crippen molar-refractivity contribution in [2.45, 2.75) is 31.5 Å². The minimum Gasteiger partial charge on any atom is -0.354 e. The number of alkyl halides is 3. The lowest BCUT2D eigenvalue weighted by Gasteiger charge is -2.36. The van der Waals surface area contributed by atoms with E-state index in [1.807, 2.05) is 13.0 Å². The van der Waals surface area contributed by atoms with E-state index >= 15 is 0 Å². The van der Waals surface area contributed by atoms with Crippen molar-refractivity contribution < 1.29 is 18.0 Å². The van der Waals surface area contributed by atoms with E-state index in [9.17, 15) is 18.0 Å². The van der Waals surface area contributed by atoms with Crippen LogP contribution < -0.4 is 10.6 Å². The number of carbonyl (C=O) groups is 1. The van der Waals surface area contributed by atoms with Crippen LogP contribution >= 0.6 is 0 Å². The van der Waals surface area contributed by atoms with Crippen LogP contribution in [0.3, 0.4) is 0 Å². The first kappa shape index (κ1) is 18.7. The molecule has 0 spiro atoms. The van der Waals surface area contributed by atoms with Gasteiger partial charge in [-0.25, -0.2) is 0 Å². The van der Waals surface area contributed by atoms with Crippen LogP contribution in [0.5, 0.6) is 0 Å². The molecule has 0 saturated carbocycles. The predicted molar refractivity (Wildman–Crippen MR) is 84.6 cm³/mol. The van der Waals surface area contributed by atoms with Gasteiger partial charge in [-0.1, -0.05) is 13.0 Å². The number of aromatic nitrogens is 1. The number of amides is 1. The molecular formula is C16H23F3N4O. The molecule has 8 heteroatoms. The van der Waals surface area contributed by atoms with E-state index in [-0.39, 0.29) is 18.2 Å². The van der Waals surface area contributed by atoms with Gasteiger partial charge in [-0.05, 0) is 17.5 Å². The van der Waals surface area contributed by atoms with Gasteiger partial charge >= 0.3 is 6.18 Å². The van der Waals surface area contributed by atoms with Crippen LogP contribution in [0, 0.1) is 0 Å². The highest BCUT2D eigenvalue weighted by Crippen LogP contribution is 2.25. The van der Waals surface area contributed by atoms with E-state index in [1.54, 1.807) is 18.5 Å². The number of nitrogens with zero attached hydrogens (tertiary/aromatic N) is 2. The van der Waals surface area contributed by atoms with Crippen molar-refractivity contribution in [2.75, 3.05) is 32.7 Å². The lowest BCUT2D eigenvalue weighted by molar-refractivity contribution is -0.184. The Kier molecular flexibility index (Phi) is 6.56. The van der Waals surface area contributed by atoms with Gasteiger partial charge < -0.3 is 10.6 Å². The normalized spacial score (nSPS) is 18.8. The number of piperazine rings is 1. The van der Waals surface area contributed by atoms with Gasteiger partial charge in [0.05, 0.1) is 0 Å². The molecule has 1 aromatic rings. The van der Waals surface area contributed by atoms with Crippen LogP contribution in [0.2, 0.25) is 0 Å². The average Bonchev–Trinajstić information content (AvgIpc) is 2.55. The third-order valence-corrected chi connectivity index (χ3v) is 4.21. The Morgan fingerprint density at radius 2 is 2.12 bits per heavy atom. The Morgan fingerprint density at radius 3 is 2.71 bits per heavy atom. The van der Waals surface area contributed by atoms with Gasteiger partial charge in [-0.15, -0.1) is 0 Å². The Hall–Kier alpha value is -1.67. The molecule has 0 aromatic carbocycles. The van der Waals surface area contributed by atoms with Gasteiger partial charge in [0.2, 0.25) is 5.91 Å². The molecule has 2 unspecified atom stereocenters. The summed E-state index contributed by atoms with van der Waals surface area (Å²) in [5, 5.41) is 5.47. The van der Waals surface area contributed by atoms with Crippen LogP contribution in [0.1, 0.15) is 24.8 Å². The van der Waals surface area contributed by atoms with E-state index in [0.29, 0.717) is 26.2 Å². The van der Waals surface area contributed by atoms with Crippen molar-refractivity contribution in [1.82, 2.24) is 20.5 Å². The molecule has 0 radical (unpaired) electrons. The van der Waals surface area contributed by atoms with Crippen LogP contribution in [0.15, 0.2) is 24.5 Å². The second kappa shape index (κ2) is 8.43. The SMILES string of the molecule is CC(CC(=O)NCC(N1CCNCC1)C(F)(F)F)c1cccnc1. The van der Waals surface area contributed by atoms with Gasteiger partial charge in [-0.3, -0.25) is 14.7 Å². The number of pyridine rings is 1. The second-order valence-electron chi connectivity index (χ2n) is 6.04. The van der Waals surface area contributed by atoms with Crippen molar-refractivity contribution in [1.29, 1.82) is 0 Å². The van der Waals surface area contributed by atoms with Gasteiger partial charge in [0.1, 0.15) is 6.04 Å². The first-order chi connectivity index (χ1) is 11.4. The van der Waals surface area contributed by atoms with E-state index in [4.69, 9.17) is 0 Å². The number of hydrogen-bond donors (Lipinski definition) is 2. The minimum atomic E-state index is -4.36. The van der Waals surface area contributed by atoms with E-state index in [2.05, 4.69) is 15.6 Å². The standard InChI is InChI=1S/C16H23F3N4O/c1-12(13-3-2-4-21-10-13)9-15(24)22-11-14(16(17,18)19)23-7-5-20-6-8-23/h2-4,10,12,14,20H,5-9,11H2,1H3,(H,22,24). The van der Waals surface area contributed by atoms with Gasteiger partial charge in [-0.2, -0.15) is 13.2 Å². The molecule has 1 aliphatic heterocycles. The highest BCUT2D eigenvalue weighted by atomic mass is 19.4. The number of carbonyl (C=O) groups excluding carboxylic acids is 1. The summed E-state index contributed by atoms with van der Waals surface area (Å²) in [5.74, 6) is -0.474. The zero-order valence-electron chi connectivity index (χ0n) is 13.6. The van der Waals surface area contributed by atoms with Crippen molar-refractivity contribution in [3.8, 4) is 0 Å². The number of hydrogen-bond acceptors (Lipinski definition) is 4. The third kappa shape index (κ3) is 5.45. The molecule has 2 rings (SSSR count). The number of rotatable bonds is 6. The molecule has 1 fully saturated rings. The molecule has 5 nitrogen and oxygen atoms in total. The molecule has 24 heavy (non-hydrogen) atoms. The molecule has 2 N–H and O–H groups in total. The summed E-state index contributed by atoms with van der Waals surface area (Å²) in [4.78, 5) is 17.4. The first-order valence-corrected chi connectivity index (χ1v) is 8.06. The Labute approximate surface area is 139 Å². The molecule has 1 saturated heterocycles. The van der Waals surface area contributed by atoms with Crippen molar-refractivity contribution in [2.24, 2.45) is 0 Å². The van der Waals surface area contributed by atoms with Crippen molar-refractivity contribution >= 4 is 5.91 Å². The predicted octanol–water partition coefficient (Wildman–Crippen LogP) is 1.53. The molecule has 1 aliphatic rings. The van der Waals surface area contributed by atoms with E-state index < -0.39 is 18.8 Å². The van der Waals surface area contributed by atoms with E-state index in [0.717, 1.165) is 5.56 Å². The third-order valence-electron chi connectivity index (χ3n) is 4.21. The highest BCUT2D eigenvalue weighted by molar-refractivity contribution is 5.76. The van der Waals surface area contributed by atoms with Crippen LogP contribution in [0.4, 0.5) is 13.2 Å². The molecule has 2 heterocycles.